The normalized spacial score (nSPS) is 38.0. The minimum Gasteiger partial charge on any atom is -0.493 e. The van der Waals surface area contributed by atoms with Crippen LogP contribution in [0.25, 0.3) is 0 Å². The van der Waals surface area contributed by atoms with E-state index in [1.807, 2.05) is 6.07 Å². The molecule has 1 spiro atoms. The molecule has 4 atom stereocenters. The van der Waals surface area contributed by atoms with Crippen LogP contribution in [0.3, 0.4) is 0 Å². The number of benzene rings is 1. The Kier molecular flexibility index (Phi) is 2.80. The lowest BCUT2D eigenvalue weighted by Crippen LogP contribution is -2.64. The van der Waals surface area contributed by atoms with Gasteiger partial charge in [0.1, 0.15) is 5.83 Å². The first-order valence-electron chi connectivity index (χ1n) is 9.69. The summed E-state index contributed by atoms with van der Waals surface area (Å²) in [4.78, 5) is 2.72. The van der Waals surface area contributed by atoms with Crippen LogP contribution in [0.1, 0.15) is 36.8 Å². The summed E-state index contributed by atoms with van der Waals surface area (Å²) in [6.07, 6.45) is 7.03. The van der Waals surface area contributed by atoms with E-state index in [0.29, 0.717) is 12.0 Å². The van der Waals surface area contributed by atoms with E-state index in [2.05, 4.69) is 11.0 Å². The maximum Gasteiger partial charge on any atom is 0.166 e. The SMILES string of the molecule is COc1ccc2c3c1OC1C(F)=CC[C@H]4[C@@H](C2)N(CC2CC2)CC[C@]314. The number of piperidine rings is 1. The summed E-state index contributed by atoms with van der Waals surface area (Å²) in [6.45, 7) is 2.30. The Labute approximate surface area is 147 Å². The fourth-order valence-corrected chi connectivity index (χ4v) is 6.20. The topological polar surface area (TPSA) is 21.7 Å². The van der Waals surface area contributed by atoms with Gasteiger partial charge in [-0.05, 0) is 68.2 Å². The predicted octanol–water partition coefficient (Wildman–Crippen LogP) is 3.61. The number of halogens is 1. The van der Waals surface area contributed by atoms with Crippen molar-refractivity contribution >= 4 is 0 Å². The van der Waals surface area contributed by atoms with Gasteiger partial charge in [-0.1, -0.05) is 6.07 Å². The third-order valence-corrected chi connectivity index (χ3v) is 7.44. The van der Waals surface area contributed by atoms with Gasteiger partial charge in [0.2, 0.25) is 0 Å². The fraction of sp³-hybridized carbons (Fsp3) is 0.619. The average Bonchev–Trinajstić information content (AvgIpc) is 3.36. The average molecular weight is 341 g/mol. The molecule has 1 unspecified atom stereocenters. The van der Waals surface area contributed by atoms with Crippen molar-refractivity contribution in [1.82, 2.24) is 4.90 Å². The van der Waals surface area contributed by atoms with Crippen molar-refractivity contribution in [2.24, 2.45) is 11.8 Å². The smallest absolute Gasteiger partial charge is 0.166 e. The van der Waals surface area contributed by atoms with Crippen LogP contribution < -0.4 is 9.47 Å². The van der Waals surface area contributed by atoms with Gasteiger partial charge in [0.25, 0.3) is 0 Å². The van der Waals surface area contributed by atoms with Crippen LogP contribution in [-0.4, -0.2) is 37.2 Å². The van der Waals surface area contributed by atoms with Gasteiger partial charge < -0.3 is 9.47 Å². The Bertz CT molecular complexity index is 786. The van der Waals surface area contributed by atoms with Crippen molar-refractivity contribution in [2.75, 3.05) is 20.2 Å². The maximum atomic E-state index is 14.9. The molecule has 4 heteroatoms. The van der Waals surface area contributed by atoms with Crippen molar-refractivity contribution in [3.8, 4) is 11.5 Å². The van der Waals surface area contributed by atoms with Gasteiger partial charge in [0.05, 0.1) is 7.11 Å². The quantitative estimate of drug-likeness (QED) is 0.838. The Morgan fingerprint density at radius 2 is 2.24 bits per heavy atom. The summed E-state index contributed by atoms with van der Waals surface area (Å²) in [5, 5.41) is 0. The highest BCUT2D eigenvalue weighted by atomic mass is 19.1. The van der Waals surface area contributed by atoms with Crippen LogP contribution in [0, 0.1) is 11.8 Å². The molecule has 3 aliphatic carbocycles. The van der Waals surface area contributed by atoms with Crippen molar-refractivity contribution in [3.63, 3.8) is 0 Å². The zero-order chi connectivity index (χ0) is 16.8. The molecular weight excluding hydrogens is 317 g/mol. The van der Waals surface area contributed by atoms with E-state index in [1.165, 1.54) is 30.5 Å². The van der Waals surface area contributed by atoms with Gasteiger partial charge in [-0.15, -0.1) is 0 Å². The molecule has 3 nitrogen and oxygen atoms in total. The first-order valence-corrected chi connectivity index (χ1v) is 9.69. The van der Waals surface area contributed by atoms with Crippen LogP contribution in [0.5, 0.6) is 11.5 Å². The van der Waals surface area contributed by atoms with Gasteiger partial charge in [0.15, 0.2) is 17.6 Å². The highest BCUT2D eigenvalue weighted by Crippen LogP contribution is 2.64. The van der Waals surface area contributed by atoms with E-state index in [-0.39, 0.29) is 11.2 Å². The molecule has 2 aliphatic heterocycles. The lowest BCUT2D eigenvalue weighted by atomic mass is 9.53. The monoisotopic (exact) mass is 341 g/mol. The number of allylic oxidation sites excluding steroid dienone is 1. The second kappa shape index (κ2) is 4.79. The molecule has 1 saturated heterocycles. The van der Waals surface area contributed by atoms with E-state index in [1.54, 1.807) is 13.2 Å². The minimum absolute atomic E-state index is 0.0725. The molecule has 0 radical (unpaired) electrons. The van der Waals surface area contributed by atoms with E-state index < -0.39 is 6.10 Å². The molecule has 0 N–H and O–H groups in total. The van der Waals surface area contributed by atoms with Crippen LogP contribution in [0.4, 0.5) is 4.39 Å². The highest BCUT2D eigenvalue weighted by Gasteiger charge is 2.64. The number of likely N-dealkylation sites (tertiary alicyclic amines) is 1. The molecule has 0 amide bonds. The first kappa shape index (κ1) is 14.6. The Hall–Kier alpha value is -1.55. The minimum atomic E-state index is -0.442. The number of hydrogen-bond acceptors (Lipinski definition) is 3. The Balaban J connectivity index is 1.54. The Morgan fingerprint density at radius 3 is 3.04 bits per heavy atom. The largest absolute Gasteiger partial charge is 0.493 e. The zero-order valence-electron chi connectivity index (χ0n) is 14.6. The van der Waals surface area contributed by atoms with Gasteiger partial charge >= 0.3 is 0 Å². The van der Waals surface area contributed by atoms with Gasteiger partial charge in [-0.25, -0.2) is 4.39 Å². The highest BCUT2D eigenvalue weighted by molar-refractivity contribution is 5.62. The number of rotatable bonds is 3. The van der Waals surface area contributed by atoms with Crippen LogP contribution in [-0.2, 0) is 11.8 Å². The van der Waals surface area contributed by atoms with E-state index >= 15 is 0 Å². The van der Waals surface area contributed by atoms with E-state index in [9.17, 15) is 4.39 Å². The molecule has 1 aromatic rings. The number of methoxy groups -OCH3 is 1. The molecule has 2 bridgehead atoms. The summed E-state index contributed by atoms with van der Waals surface area (Å²) in [6, 6.07) is 4.73. The molecule has 2 heterocycles. The van der Waals surface area contributed by atoms with Crippen LogP contribution in [0.2, 0.25) is 0 Å². The van der Waals surface area contributed by atoms with E-state index in [0.717, 1.165) is 43.2 Å². The summed E-state index contributed by atoms with van der Waals surface area (Å²) < 4.78 is 26.7. The van der Waals surface area contributed by atoms with Gasteiger partial charge in [0, 0.05) is 23.6 Å². The molecule has 1 aromatic carbocycles. The Morgan fingerprint density at radius 1 is 1.36 bits per heavy atom. The summed E-state index contributed by atoms with van der Waals surface area (Å²) in [5.74, 6) is 2.86. The number of hydrogen-bond donors (Lipinski definition) is 0. The summed E-state index contributed by atoms with van der Waals surface area (Å²) in [7, 11) is 1.68. The standard InChI is InChI=1S/C21H24FNO2/c1-24-17-7-4-13-10-16-14-5-6-15(22)20-21(14,18(13)19(17)25-20)8-9-23(16)11-12-2-3-12/h4,6-7,12,14,16,20H,2-3,5,8-11H2,1H3/t14-,16+,20?,21-/m0/s1. The molecular formula is C21H24FNO2. The third kappa shape index (κ3) is 1.74. The molecule has 2 fully saturated rings. The molecule has 6 rings (SSSR count). The number of nitrogens with zero attached hydrogens (tertiary/aromatic N) is 1. The first-order chi connectivity index (χ1) is 12.2. The van der Waals surface area contributed by atoms with Crippen LogP contribution in [0.15, 0.2) is 24.0 Å². The molecule has 1 saturated carbocycles. The molecule has 5 aliphatic rings. The molecule has 132 valence electrons. The van der Waals surface area contributed by atoms with Crippen molar-refractivity contribution in [1.29, 1.82) is 0 Å². The van der Waals surface area contributed by atoms with Gasteiger partial charge in [-0.3, -0.25) is 4.90 Å². The van der Waals surface area contributed by atoms with Crippen LogP contribution >= 0.6 is 0 Å². The van der Waals surface area contributed by atoms with Crippen molar-refractivity contribution in [2.45, 2.75) is 49.7 Å². The lowest BCUT2D eigenvalue weighted by Gasteiger charge is -2.57. The predicted molar refractivity (Wildman–Crippen MR) is 92.8 cm³/mol. The lowest BCUT2D eigenvalue weighted by molar-refractivity contribution is -0.0284. The zero-order valence-corrected chi connectivity index (χ0v) is 14.6. The maximum absolute atomic E-state index is 14.9. The van der Waals surface area contributed by atoms with E-state index in [4.69, 9.17) is 9.47 Å². The summed E-state index contributed by atoms with van der Waals surface area (Å²) in [5.41, 5.74) is 2.45. The molecule has 25 heavy (non-hydrogen) atoms. The molecule has 0 aromatic heterocycles. The van der Waals surface area contributed by atoms with Gasteiger partial charge in [-0.2, -0.15) is 0 Å². The fourth-order valence-electron chi connectivity index (χ4n) is 6.20. The number of ether oxygens (including phenoxy) is 2. The second-order valence-corrected chi connectivity index (χ2v) is 8.56. The third-order valence-electron chi connectivity index (χ3n) is 7.44. The van der Waals surface area contributed by atoms with Crippen molar-refractivity contribution in [3.05, 3.63) is 35.2 Å². The summed E-state index contributed by atoms with van der Waals surface area (Å²) >= 11 is 0. The van der Waals surface area contributed by atoms with Crippen molar-refractivity contribution < 1.29 is 13.9 Å². The second-order valence-electron chi connectivity index (χ2n) is 8.56.